The number of hydrogen-bond donors (Lipinski definition) is 12. The maximum absolute atomic E-state index is 13.6. The van der Waals surface area contributed by atoms with Gasteiger partial charge in [0.1, 0.15) is 11.8 Å². The Morgan fingerprint density at radius 2 is 0.723 bits per heavy atom. The first kappa shape index (κ1) is 69.3. The molecular weight excluding hydrogens is 1300 g/mol. The number of nitrogens with zero attached hydrogens (tertiary/aromatic N) is 4. The lowest BCUT2D eigenvalue weighted by Crippen LogP contribution is -2.41. The molecule has 25 heteroatoms. The van der Waals surface area contributed by atoms with Crippen molar-refractivity contribution in [2.24, 2.45) is 11.8 Å². The SMILES string of the molecule is CC1=C(CCC(=O)O)c2cc3[nH]c(cc4nc(cc5[nH]c(cc1n2)c(C(C)OC(C)c1c(C)c2cc6nc(cc7[nH]c(cc8nc(cc1[nH]2)C(C)=C8CCC(=O)O)c(CCC(=O)O)c7C)C1(C)C6=CC=C(C(=O)O)C1C(=O)O)c5C)C1=CC=C(C(=O)O)C(C(=O)O)C14C)c(C)c3CCC(=O)O. The topological polar surface area (TPSA) is 422 Å². The number of rotatable bonds is 20. The van der Waals surface area contributed by atoms with Gasteiger partial charge in [0.15, 0.2) is 0 Å². The summed E-state index contributed by atoms with van der Waals surface area (Å²) in [4.78, 5) is 137. The first-order valence-corrected chi connectivity index (χ1v) is 32.9. The zero-order valence-corrected chi connectivity index (χ0v) is 56.9. The van der Waals surface area contributed by atoms with Gasteiger partial charge in [-0.3, -0.25) is 38.7 Å². The van der Waals surface area contributed by atoms with Gasteiger partial charge in [0.25, 0.3) is 0 Å². The minimum absolute atomic E-state index is 0.0539. The fourth-order valence-corrected chi connectivity index (χ4v) is 15.7. The molecule has 520 valence electrons. The fourth-order valence-electron chi connectivity index (χ4n) is 15.7. The number of carboxylic acid groups (broad SMARTS) is 8. The van der Waals surface area contributed by atoms with Crippen LogP contribution in [-0.2, 0) is 66.8 Å². The maximum atomic E-state index is 13.6. The van der Waals surface area contributed by atoms with Crippen molar-refractivity contribution in [2.75, 3.05) is 0 Å². The monoisotopic (exact) mass is 1370 g/mol. The van der Waals surface area contributed by atoms with Gasteiger partial charge < -0.3 is 65.5 Å². The van der Waals surface area contributed by atoms with Gasteiger partial charge in [-0.2, -0.15) is 0 Å². The second-order valence-electron chi connectivity index (χ2n) is 26.9. The number of H-pyrrole nitrogens is 4. The van der Waals surface area contributed by atoms with Crippen LogP contribution in [0.4, 0.5) is 0 Å². The lowest BCUT2D eigenvalue weighted by Gasteiger charge is -2.35. The number of allylic oxidation sites excluding steroid dienone is 10. The molecule has 25 nitrogen and oxygen atoms in total. The van der Waals surface area contributed by atoms with Gasteiger partial charge in [0.2, 0.25) is 0 Å². The summed E-state index contributed by atoms with van der Waals surface area (Å²) >= 11 is 0. The summed E-state index contributed by atoms with van der Waals surface area (Å²) in [5, 5.41) is 83.1. The van der Waals surface area contributed by atoms with E-state index in [4.69, 9.17) is 24.7 Å². The van der Waals surface area contributed by atoms with Crippen LogP contribution in [0, 0.1) is 39.5 Å². The molecule has 0 aromatic carbocycles. The second-order valence-corrected chi connectivity index (χ2v) is 26.9. The van der Waals surface area contributed by atoms with Crippen LogP contribution in [0.15, 0.2) is 84.0 Å². The van der Waals surface area contributed by atoms with Crippen LogP contribution >= 0.6 is 0 Å². The van der Waals surface area contributed by atoms with E-state index in [1.54, 1.807) is 76.2 Å². The molecule has 6 aromatic heterocycles. The van der Waals surface area contributed by atoms with E-state index >= 15 is 0 Å². The molecular formula is C76H74N8O17. The quantitative estimate of drug-likeness (QED) is 0.0338. The predicted octanol–water partition coefficient (Wildman–Crippen LogP) is 12.8. The van der Waals surface area contributed by atoms with Crippen molar-refractivity contribution in [3.05, 3.63) is 174 Å². The molecule has 0 saturated carbocycles. The normalized spacial score (nSPS) is 19.1. The Kier molecular flexibility index (Phi) is 17.8. The van der Waals surface area contributed by atoms with Gasteiger partial charge in [-0.25, -0.2) is 19.6 Å². The number of fused-ring (bicyclic) bond motifs is 22. The van der Waals surface area contributed by atoms with E-state index in [0.717, 1.165) is 0 Å². The van der Waals surface area contributed by atoms with Gasteiger partial charge in [0.05, 0.1) is 79.7 Å². The molecule has 0 saturated heterocycles. The number of aromatic amines is 4. The number of hydrogen-bond acceptors (Lipinski definition) is 13. The molecule has 6 atom stereocenters. The van der Waals surface area contributed by atoms with Crippen LogP contribution in [0.5, 0.6) is 0 Å². The van der Waals surface area contributed by atoms with Crippen LogP contribution in [0.2, 0.25) is 0 Å². The number of carbonyl (C=O) groups is 8. The standard InChI is InChI=1S/C76H74N8O17/c1-31-39(13-19-63(85)86)53-27-55-41(15-21-65(89)90)33(3)51(79-55)29-61-75(9)45(17-11-43(71(93)94)69(75)73(97)98)57(83-61)23-49-35(5)67(59(81-49)25-47(31)77-53)37(7)101-38(8)68-36(6)50-24-58-46-18-12-44(72(95)96)70(74(99)100)76(46,10)62(84-58)30-52-34(4)42(16-22-66(91)92)56(80-52)28-54-40(14-20-64(87)88)32(2)48(78-54)26-60(68)82-50/h11-12,17-18,23-30,37-38,69-70,79-82H,13-16,19-22H2,1-10H3,(H,85,86)(H,87,88)(H,89,90)(H,91,92)(H,93,94)(H,95,96)(H,97,98)(H,99,100). The third-order valence-corrected chi connectivity index (χ3v) is 21.1. The summed E-state index contributed by atoms with van der Waals surface area (Å²) in [6, 6.07) is 14.0. The zero-order chi connectivity index (χ0) is 72.9. The summed E-state index contributed by atoms with van der Waals surface area (Å²) in [7, 11) is 0. The van der Waals surface area contributed by atoms with Crippen molar-refractivity contribution in [3.63, 3.8) is 0 Å². The van der Waals surface area contributed by atoms with Crippen molar-refractivity contribution in [2.45, 2.75) is 144 Å². The van der Waals surface area contributed by atoms with E-state index in [1.807, 2.05) is 53.7 Å². The average Bonchev–Trinajstić information content (AvgIpc) is 1.60. The fraction of sp³-hybridized carbons (Fsp3) is 0.316. The first-order valence-electron chi connectivity index (χ1n) is 32.9. The van der Waals surface area contributed by atoms with Crippen molar-refractivity contribution in [1.29, 1.82) is 0 Å². The lowest BCUT2D eigenvalue weighted by molar-refractivity contribution is -0.145. The minimum atomic E-state index is -1.64. The number of aliphatic carboxylic acids is 8. The molecule has 101 heavy (non-hydrogen) atoms. The summed E-state index contributed by atoms with van der Waals surface area (Å²) in [5.74, 6) is -13.2. The van der Waals surface area contributed by atoms with Crippen LogP contribution in [0.1, 0.15) is 182 Å². The van der Waals surface area contributed by atoms with Gasteiger partial charge >= 0.3 is 47.8 Å². The van der Waals surface area contributed by atoms with Gasteiger partial charge in [-0.1, -0.05) is 24.3 Å². The van der Waals surface area contributed by atoms with Crippen molar-refractivity contribution < 1.29 is 83.9 Å². The summed E-state index contributed by atoms with van der Waals surface area (Å²) < 4.78 is 7.29. The Morgan fingerprint density at radius 3 is 1.06 bits per heavy atom. The minimum Gasteiger partial charge on any atom is -0.481 e. The molecule has 12 rings (SSSR count). The Hall–Kier alpha value is -11.6. The highest BCUT2D eigenvalue weighted by atomic mass is 16.5. The summed E-state index contributed by atoms with van der Waals surface area (Å²) in [6.45, 7) is 18.0. The molecule has 6 aromatic rings. The molecule has 4 aliphatic heterocycles. The lowest BCUT2D eigenvalue weighted by atomic mass is 9.64. The first-order chi connectivity index (χ1) is 47.7. The molecule has 0 spiro atoms. The highest BCUT2D eigenvalue weighted by Crippen LogP contribution is 2.54. The number of aryl methyl sites for hydroxylation is 6. The maximum Gasteiger partial charge on any atom is 0.332 e. The van der Waals surface area contributed by atoms with Crippen molar-refractivity contribution in [3.8, 4) is 0 Å². The predicted molar refractivity (Wildman–Crippen MR) is 374 cm³/mol. The van der Waals surface area contributed by atoms with Gasteiger partial charge in [-0.05, 0) is 210 Å². The van der Waals surface area contributed by atoms with E-state index in [1.165, 1.54) is 12.2 Å². The van der Waals surface area contributed by atoms with E-state index < -0.39 is 82.6 Å². The molecule has 10 heterocycles. The second kappa shape index (κ2) is 25.9. The highest BCUT2D eigenvalue weighted by molar-refractivity contribution is 6.03. The van der Waals surface area contributed by atoms with Gasteiger partial charge in [0, 0.05) is 80.9 Å². The highest BCUT2D eigenvalue weighted by Gasteiger charge is 2.55. The van der Waals surface area contributed by atoms with Gasteiger partial charge in [-0.15, -0.1) is 0 Å². The summed E-state index contributed by atoms with van der Waals surface area (Å²) in [6.07, 6.45) is 3.24. The molecule has 6 aliphatic rings. The third kappa shape index (κ3) is 12.0. The smallest absolute Gasteiger partial charge is 0.332 e. The van der Waals surface area contributed by atoms with Crippen LogP contribution in [0.3, 0.4) is 0 Å². The molecule has 6 unspecified atom stereocenters. The molecule has 2 aliphatic carbocycles. The molecule has 0 amide bonds. The zero-order valence-electron chi connectivity index (χ0n) is 56.9. The largest absolute Gasteiger partial charge is 0.481 e. The number of aromatic nitrogens is 8. The number of nitrogens with one attached hydrogen (secondary N) is 4. The molecule has 0 radical (unpaired) electrons. The molecule has 16 bridgehead atoms. The van der Waals surface area contributed by atoms with Crippen LogP contribution in [-0.4, -0.2) is 128 Å². The van der Waals surface area contributed by atoms with E-state index in [9.17, 15) is 79.2 Å². The molecule has 0 fully saturated rings. The van der Waals surface area contributed by atoms with E-state index in [-0.39, 0.29) is 73.9 Å². The van der Waals surface area contributed by atoms with E-state index in [0.29, 0.717) is 156 Å². The Bertz CT molecular complexity index is 4990. The van der Waals surface area contributed by atoms with E-state index in [2.05, 4.69) is 19.9 Å². The number of carboxylic acids is 8. The van der Waals surface area contributed by atoms with Crippen molar-refractivity contribution in [1.82, 2.24) is 39.9 Å². The van der Waals surface area contributed by atoms with Crippen LogP contribution < -0.4 is 0 Å². The van der Waals surface area contributed by atoms with Crippen molar-refractivity contribution >= 4 is 125 Å². The Labute approximate surface area is 576 Å². The third-order valence-electron chi connectivity index (χ3n) is 21.1. The Balaban J connectivity index is 1.11. The average molecular weight is 1370 g/mol. The molecule has 12 N–H and O–H groups in total. The Morgan fingerprint density at radius 1 is 0.406 bits per heavy atom. The van der Waals surface area contributed by atoms with Crippen LogP contribution in [0.25, 0.3) is 77.6 Å². The number of ether oxygens (including phenoxy) is 1. The summed E-state index contributed by atoms with van der Waals surface area (Å²) in [5.41, 5.74) is 11.0.